The van der Waals surface area contributed by atoms with Gasteiger partial charge in [0.2, 0.25) is 11.0 Å². The maximum absolute atomic E-state index is 11.8. The SMILES string of the molecule is C=CCNc1nnc(SCC(=O)NCCOc2ccc(OCC)cc2)s1. The maximum atomic E-state index is 11.8. The number of rotatable bonds is 12. The summed E-state index contributed by atoms with van der Waals surface area (Å²) in [5, 5.41) is 14.6. The van der Waals surface area contributed by atoms with Gasteiger partial charge in [-0.1, -0.05) is 29.2 Å². The molecule has 0 aliphatic heterocycles. The molecule has 140 valence electrons. The van der Waals surface area contributed by atoms with Crippen molar-refractivity contribution in [2.45, 2.75) is 11.3 Å². The number of amides is 1. The van der Waals surface area contributed by atoms with E-state index in [1.165, 1.54) is 23.1 Å². The molecule has 0 radical (unpaired) electrons. The highest BCUT2D eigenvalue weighted by Crippen LogP contribution is 2.25. The van der Waals surface area contributed by atoms with Crippen molar-refractivity contribution in [1.29, 1.82) is 0 Å². The van der Waals surface area contributed by atoms with E-state index >= 15 is 0 Å². The third-order valence-electron chi connectivity index (χ3n) is 2.96. The van der Waals surface area contributed by atoms with Crippen molar-refractivity contribution < 1.29 is 14.3 Å². The summed E-state index contributed by atoms with van der Waals surface area (Å²) < 4.78 is 11.7. The van der Waals surface area contributed by atoms with E-state index < -0.39 is 0 Å². The smallest absolute Gasteiger partial charge is 0.230 e. The molecular weight excluding hydrogens is 372 g/mol. The first kappa shape index (κ1) is 20.1. The van der Waals surface area contributed by atoms with E-state index in [-0.39, 0.29) is 5.91 Å². The summed E-state index contributed by atoms with van der Waals surface area (Å²) in [5.41, 5.74) is 0. The second-order valence-corrected chi connectivity index (χ2v) is 7.13. The number of ether oxygens (including phenoxy) is 2. The van der Waals surface area contributed by atoms with Gasteiger partial charge in [-0.3, -0.25) is 4.79 Å². The van der Waals surface area contributed by atoms with Gasteiger partial charge in [0, 0.05) is 6.54 Å². The van der Waals surface area contributed by atoms with Crippen LogP contribution in [0.1, 0.15) is 6.92 Å². The van der Waals surface area contributed by atoms with Crippen LogP contribution in [0.2, 0.25) is 0 Å². The lowest BCUT2D eigenvalue weighted by molar-refractivity contribution is -0.118. The zero-order valence-corrected chi connectivity index (χ0v) is 16.2. The molecule has 2 N–H and O–H groups in total. The van der Waals surface area contributed by atoms with Crippen LogP contribution in [0.4, 0.5) is 5.13 Å². The fourth-order valence-corrected chi connectivity index (χ4v) is 3.42. The fraction of sp³-hybridized carbons (Fsp3) is 0.353. The molecule has 1 amide bonds. The van der Waals surface area contributed by atoms with Gasteiger partial charge in [0.1, 0.15) is 18.1 Å². The van der Waals surface area contributed by atoms with E-state index in [0.29, 0.717) is 32.1 Å². The molecule has 1 aromatic carbocycles. The van der Waals surface area contributed by atoms with Crippen LogP contribution < -0.4 is 20.1 Å². The van der Waals surface area contributed by atoms with Crippen molar-refractivity contribution in [2.75, 3.05) is 37.4 Å². The van der Waals surface area contributed by atoms with Crippen LogP contribution in [0.5, 0.6) is 11.5 Å². The number of thioether (sulfide) groups is 1. The molecule has 0 spiro atoms. The lowest BCUT2D eigenvalue weighted by Crippen LogP contribution is -2.29. The Morgan fingerprint density at radius 1 is 1.27 bits per heavy atom. The van der Waals surface area contributed by atoms with Crippen LogP contribution >= 0.6 is 23.1 Å². The molecule has 2 rings (SSSR count). The van der Waals surface area contributed by atoms with E-state index in [1.807, 2.05) is 31.2 Å². The standard InChI is InChI=1S/C17H22N4O3S2/c1-3-9-19-16-20-21-17(26-16)25-12-15(22)18-10-11-24-14-7-5-13(6-8-14)23-4-2/h3,5-8H,1,4,9-12H2,2H3,(H,18,22)(H,19,20). The van der Waals surface area contributed by atoms with Crippen LogP contribution in [-0.2, 0) is 4.79 Å². The van der Waals surface area contributed by atoms with Crippen molar-refractivity contribution in [3.05, 3.63) is 36.9 Å². The van der Waals surface area contributed by atoms with Gasteiger partial charge in [-0.05, 0) is 31.2 Å². The number of anilines is 1. The highest BCUT2D eigenvalue weighted by atomic mass is 32.2. The highest BCUT2D eigenvalue weighted by Gasteiger charge is 2.07. The number of nitrogens with one attached hydrogen (secondary N) is 2. The Labute approximate surface area is 161 Å². The van der Waals surface area contributed by atoms with Crippen molar-refractivity contribution >= 4 is 34.1 Å². The zero-order valence-electron chi connectivity index (χ0n) is 14.6. The Morgan fingerprint density at radius 2 is 2.00 bits per heavy atom. The molecule has 0 unspecified atom stereocenters. The lowest BCUT2D eigenvalue weighted by atomic mass is 10.3. The van der Waals surface area contributed by atoms with Crippen LogP contribution in [0.15, 0.2) is 41.3 Å². The first-order chi connectivity index (χ1) is 12.7. The molecule has 1 aromatic heterocycles. The van der Waals surface area contributed by atoms with Gasteiger partial charge < -0.3 is 20.1 Å². The summed E-state index contributed by atoms with van der Waals surface area (Å²) in [5.74, 6) is 1.77. The van der Waals surface area contributed by atoms with E-state index in [2.05, 4.69) is 27.4 Å². The first-order valence-corrected chi connectivity index (χ1v) is 9.95. The van der Waals surface area contributed by atoms with Crippen LogP contribution in [0.25, 0.3) is 0 Å². The summed E-state index contributed by atoms with van der Waals surface area (Å²) in [6, 6.07) is 7.40. The Hall–Kier alpha value is -2.26. The van der Waals surface area contributed by atoms with E-state index in [4.69, 9.17) is 9.47 Å². The predicted molar refractivity (Wildman–Crippen MR) is 105 cm³/mol. The average molecular weight is 395 g/mol. The summed E-state index contributed by atoms with van der Waals surface area (Å²) in [6.45, 7) is 7.67. The largest absolute Gasteiger partial charge is 0.494 e. The quantitative estimate of drug-likeness (QED) is 0.325. The first-order valence-electron chi connectivity index (χ1n) is 8.14. The number of hydrogen-bond donors (Lipinski definition) is 2. The molecule has 0 saturated heterocycles. The molecule has 0 atom stereocenters. The van der Waals surface area contributed by atoms with Gasteiger partial charge in [0.05, 0.1) is 18.9 Å². The minimum absolute atomic E-state index is 0.0684. The molecule has 0 bridgehead atoms. The summed E-state index contributed by atoms with van der Waals surface area (Å²) in [6.07, 6.45) is 1.75. The molecule has 9 heteroatoms. The highest BCUT2D eigenvalue weighted by molar-refractivity contribution is 8.01. The van der Waals surface area contributed by atoms with Gasteiger partial charge in [0.15, 0.2) is 4.34 Å². The molecule has 2 aromatic rings. The van der Waals surface area contributed by atoms with Gasteiger partial charge in [-0.2, -0.15) is 0 Å². The number of hydrogen-bond acceptors (Lipinski definition) is 8. The molecule has 0 saturated carbocycles. The summed E-state index contributed by atoms with van der Waals surface area (Å²) in [4.78, 5) is 11.8. The van der Waals surface area contributed by atoms with E-state index in [0.717, 1.165) is 21.0 Å². The maximum Gasteiger partial charge on any atom is 0.230 e. The Kier molecular flexibility index (Phi) is 8.77. The van der Waals surface area contributed by atoms with Gasteiger partial charge in [-0.15, -0.1) is 16.8 Å². The molecule has 0 fully saturated rings. The molecule has 26 heavy (non-hydrogen) atoms. The number of carbonyl (C=O) groups is 1. The predicted octanol–water partition coefficient (Wildman–Crippen LogP) is 2.82. The molecule has 1 heterocycles. The number of aromatic nitrogens is 2. The number of carbonyl (C=O) groups excluding carboxylic acids is 1. The van der Waals surface area contributed by atoms with Crippen LogP contribution in [-0.4, -0.2) is 48.2 Å². The molecular formula is C17H22N4O3S2. The minimum atomic E-state index is -0.0684. The molecule has 0 aliphatic rings. The van der Waals surface area contributed by atoms with E-state index in [9.17, 15) is 4.79 Å². The van der Waals surface area contributed by atoms with Gasteiger partial charge in [0.25, 0.3) is 0 Å². The van der Waals surface area contributed by atoms with Gasteiger partial charge >= 0.3 is 0 Å². The van der Waals surface area contributed by atoms with Crippen molar-refractivity contribution in [1.82, 2.24) is 15.5 Å². The average Bonchev–Trinajstić information content (AvgIpc) is 3.11. The number of nitrogens with zero attached hydrogens (tertiary/aromatic N) is 2. The van der Waals surface area contributed by atoms with Crippen molar-refractivity contribution in [3.63, 3.8) is 0 Å². The second kappa shape index (κ2) is 11.4. The van der Waals surface area contributed by atoms with Crippen LogP contribution in [0.3, 0.4) is 0 Å². The Morgan fingerprint density at radius 3 is 2.69 bits per heavy atom. The summed E-state index contributed by atoms with van der Waals surface area (Å²) >= 11 is 2.77. The molecule has 7 nitrogen and oxygen atoms in total. The van der Waals surface area contributed by atoms with E-state index in [1.54, 1.807) is 6.08 Å². The third kappa shape index (κ3) is 7.32. The van der Waals surface area contributed by atoms with Crippen molar-refractivity contribution in [2.24, 2.45) is 0 Å². The van der Waals surface area contributed by atoms with Crippen LogP contribution in [0, 0.1) is 0 Å². The Bertz CT molecular complexity index is 692. The minimum Gasteiger partial charge on any atom is -0.494 e. The number of benzene rings is 1. The Balaban J connectivity index is 1.59. The lowest BCUT2D eigenvalue weighted by Gasteiger charge is -2.08. The molecule has 0 aliphatic carbocycles. The van der Waals surface area contributed by atoms with Gasteiger partial charge in [-0.25, -0.2) is 0 Å². The monoisotopic (exact) mass is 394 g/mol. The fourth-order valence-electron chi connectivity index (χ4n) is 1.84. The zero-order chi connectivity index (χ0) is 18.6. The third-order valence-corrected chi connectivity index (χ3v) is 4.97. The topological polar surface area (TPSA) is 85.4 Å². The van der Waals surface area contributed by atoms with Crippen molar-refractivity contribution in [3.8, 4) is 11.5 Å². The summed E-state index contributed by atoms with van der Waals surface area (Å²) in [7, 11) is 0. The normalized spacial score (nSPS) is 10.2. The second-order valence-electron chi connectivity index (χ2n) is 4.93.